The summed E-state index contributed by atoms with van der Waals surface area (Å²) in [5.74, 6) is 0.712. The quantitative estimate of drug-likeness (QED) is 0.317. The third-order valence-electron chi connectivity index (χ3n) is 3.98. The number of thioether (sulfide) groups is 1. The van der Waals surface area contributed by atoms with Crippen molar-refractivity contribution in [3.63, 3.8) is 0 Å². The van der Waals surface area contributed by atoms with Gasteiger partial charge in [-0.15, -0.1) is 0 Å². The van der Waals surface area contributed by atoms with Crippen LogP contribution in [0.15, 0.2) is 51.0 Å². The van der Waals surface area contributed by atoms with Crippen molar-refractivity contribution in [2.75, 3.05) is 14.2 Å². The van der Waals surface area contributed by atoms with E-state index in [9.17, 15) is 9.59 Å². The van der Waals surface area contributed by atoms with E-state index in [0.717, 1.165) is 17.7 Å². The Morgan fingerprint density at radius 3 is 2.33 bits per heavy atom. The first-order chi connectivity index (χ1) is 14.4. The summed E-state index contributed by atoms with van der Waals surface area (Å²) in [6.45, 7) is 3.78. The third kappa shape index (κ3) is 5.18. The summed E-state index contributed by atoms with van der Waals surface area (Å²) in [5, 5.41) is 0.596. The number of rotatable bonds is 7. The van der Waals surface area contributed by atoms with E-state index in [1.165, 1.54) is 44.2 Å². The second-order valence-corrected chi connectivity index (χ2v) is 7.20. The molecule has 8 nitrogen and oxygen atoms in total. The van der Waals surface area contributed by atoms with Gasteiger partial charge in [0.25, 0.3) is 0 Å². The summed E-state index contributed by atoms with van der Waals surface area (Å²) in [6, 6.07) is 7.73. The number of hydrogen-bond donors (Lipinski definition) is 0. The highest BCUT2D eigenvalue weighted by molar-refractivity contribution is 7.98. The topological polar surface area (TPSA) is 101 Å². The highest BCUT2D eigenvalue weighted by atomic mass is 32.2. The number of aryl methyl sites for hydroxylation is 2. The highest BCUT2D eigenvalue weighted by Crippen LogP contribution is 2.28. The molecule has 9 heteroatoms. The van der Waals surface area contributed by atoms with Gasteiger partial charge in [0.1, 0.15) is 12.0 Å². The zero-order chi connectivity index (χ0) is 21.7. The average molecular weight is 428 g/mol. The van der Waals surface area contributed by atoms with Crippen molar-refractivity contribution in [1.29, 1.82) is 0 Å². The smallest absolute Gasteiger partial charge is 0.343 e. The first kappa shape index (κ1) is 21.4. The van der Waals surface area contributed by atoms with Crippen molar-refractivity contribution in [3.05, 3.63) is 69.5 Å². The number of esters is 1. The molecule has 30 heavy (non-hydrogen) atoms. The lowest BCUT2D eigenvalue weighted by Gasteiger charge is -2.09. The van der Waals surface area contributed by atoms with E-state index in [0.29, 0.717) is 28.2 Å². The molecular formula is C21H20N2O6S. The molecule has 0 atom stereocenters. The van der Waals surface area contributed by atoms with Gasteiger partial charge in [0.15, 0.2) is 16.7 Å². The van der Waals surface area contributed by atoms with Crippen LogP contribution in [0.2, 0.25) is 0 Å². The van der Waals surface area contributed by atoms with E-state index < -0.39 is 11.4 Å². The molecule has 0 bridgehead atoms. The van der Waals surface area contributed by atoms with Crippen molar-refractivity contribution in [3.8, 4) is 17.2 Å². The lowest BCUT2D eigenvalue weighted by Crippen LogP contribution is -2.15. The first-order valence-electron chi connectivity index (χ1n) is 8.90. The van der Waals surface area contributed by atoms with E-state index >= 15 is 0 Å². The predicted octanol–water partition coefficient (Wildman–Crippen LogP) is 3.58. The van der Waals surface area contributed by atoms with Gasteiger partial charge < -0.3 is 18.6 Å². The molecule has 2 heterocycles. The summed E-state index contributed by atoms with van der Waals surface area (Å²) < 4.78 is 20.9. The van der Waals surface area contributed by atoms with Crippen LogP contribution in [0.3, 0.4) is 0 Å². The van der Waals surface area contributed by atoms with Crippen molar-refractivity contribution in [2.24, 2.45) is 0 Å². The van der Waals surface area contributed by atoms with Crippen LogP contribution < -0.4 is 19.6 Å². The molecule has 2 aromatic heterocycles. The maximum Gasteiger partial charge on any atom is 0.343 e. The van der Waals surface area contributed by atoms with Crippen LogP contribution in [-0.2, 0) is 5.75 Å². The summed E-state index contributed by atoms with van der Waals surface area (Å²) in [6.07, 6.45) is 1.12. The van der Waals surface area contributed by atoms with Crippen LogP contribution in [0.5, 0.6) is 17.2 Å². The number of carbonyl (C=O) groups is 1. The minimum atomic E-state index is -0.714. The molecule has 0 amide bonds. The highest BCUT2D eigenvalue weighted by Gasteiger charge is 2.15. The summed E-state index contributed by atoms with van der Waals surface area (Å²) in [5.41, 5.74) is 1.47. The van der Waals surface area contributed by atoms with Crippen LogP contribution in [0.4, 0.5) is 0 Å². The van der Waals surface area contributed by atoms with Crippen LogP contribution >= 0.6 is 11.8 Å². The maximum absolute atomic E-state index is 12.4. The van der Waals surface area contributed by atoms with E-state index in [1.54, 1.807) is 6.07 Å². The van der Waals surface area contributed by atoms with E-state index in [-0.39, 0.29) is 11.3 Å². The number of aromatic nitrogens is 2. The van der Waals surface area contributed by atoms with Gasteiger partial charge in [-0.3, -0.25) is 4.79 Å². The van der Waals surface area contributed by atoms with Gasteiger partial charge in [0.2, 0.25) is 11.2 Å². The Labute approximate surface area is 177 Å². The molecule has 0 N–H and O–H groups in total. The van der Waals surface area contributed by atoms with Crippen LogP contribution in [0, 0.1) is 13.8 Å². The molecule has 0 aliphatic heterocycles. The SMILES string of the molecule is COc1ccc(C(=O)Oc2coc(CSc3nc(C)cc(C)n3)cc2=O)cc1OC. The first-order valence-corrected chi connectivity index (χ1v) is 9.89. The number of hydrogen-bond acceptors (Lipinski definition) is 9. The Balaban J connectivity index is 1.69. The van der Waals surface area contributed by atoms with Gasteiger partial charge in [0, 0.05) is 17.5 Å². The van der Waals surface area contributed by atoms with Crippen molar-refractivity contribution in [1.82, 2.24) is 9.97 Å². The number of benzene rings is 1. The Hall–Kier alpha value is -3.33. The Bertz CT molecular complexity index is 1110. The molecule has 0 spiro atoms. The molecule has 0 saturated heterocycles. The van der Waals surface area contributed by atoms with Gasteiger partial charge in [-0.05, 0) is 38.1 Å². The van der Waals surface area contributed by atoms with Crippen molar-refractivity contribution in [2.45, 2.75) is 24.8 Å². The fourth-order valence-corrected chi connectivity index (χ4v) is 3.44. The molecule has 0 radical (unpaired) electrons. The zero-order valence-electron chi connectivity index (χ0n) is 16.9. The molecule has 1 aromatic carbocycles. The van der Waals surface area contributed by atoms with Gasteiger partial charge in [-0.25, -0.2) is 14.8 Å². The van der Waals surface area contributed by atoms with E-state index in [4.69, 9.17) is 18.6 Å². The summed E-state index contributed by atoms with van der Waals surface area (Å²) >= 11 is 1.35. The number of nitrogens with zero attached hydrogens (tertiary/aromatic N) is 2. The monoisotopic (exact) mass is 428 g/mol. The number of ether oxygens (including phenoxy) is 3. The van der Waals surface area contributed by atoms with E-state index in [2.05, 4.69) is 9.97 Å². The Morgan fingerprint density at radius 1 is 1.00 bits per heavy atom. The molecule has 0 unspecified atom stereocenters. The molecule has 156 valence electrons. The second-order valence-electron chi connectivity index (χ2n) is 6.26. The number of carbonyl (C=O) groups excluding carboxylic acids is 1. The molecule has 0 aliphatic carbocycles. The van der Waals surface area contributed by atoms with Gasteiger partial charge in [-0.1, -0.05) is 11.8 Å². The third-order valence-corrected chi connectivity index (χ3v) is 4.85. The van der Waals surface area contributed by atoms with Gasteiger partial charge in [0.05, 0.1) is 25.5 Å². The lowest BCUT2D eigenvalue weighted by molar-refractivity contribution is 0.0728. The second kappa shape index (κ2) is 9.45. The molecule has 0 aliphatic rings. The summed E-state index contributed by atoms with van der Waals surface area (Å²) in [4.78, 5) is 33.4. The maximum atomic E-state index is 12.4. The zero-order valence-corrected chi connectivity index (χ0v) is 17.7. The van der Waals surface area contributed by atoms with Crippen LogP contribution in [-0.4, -0.2) is 30.2 Å². The fourth-order valence-electron chi connectivity index (χ4n) is 2.60. The standard InChI is InChI=1S/C21H20N2O6S/c1-12-7-13(2)23-21(22-12)30-11-15-9-16(24)19(10-28-15)29-20(25)14-5-6-17(26-3)18(8-14)27-4/h5-10H,11H2,1-4H3. The Morgan fingerprint density at radius 2 is 1.70 bits per heavy atom. The average Bonchev–Trinajstić information content (AvgIpc) is 2.72. The Kier molecular flexibility index (Phi) is 6.73. The van der Waals surface area contributed by atoms with Gasteiger partial charge in [-0.2, -0.15) is 0 Å². The van der Waals surface area contributed by atoms with Crippen molar-refractivity contribution >= 4 is 17.7 Å². The van der Waals surface area contributed by atoms with Crippen molar-refractivity contribution < 1.29 is 23.4 Å². The predicted molar refractivity (Wildman–Crippen MR) is 111 cm³/mol. The fraction of sp³-hybridized carbons (Fsp3) is 0.238. The minimum Gasteiger partial charge on any atom is -0.493 e. The molecular weight excluding hydrogens is 408 g/mol. The van der Waals surface area contributed by atoms with Crippen LogP contribution in [0.1, 0.15) is 27.5 Å². The largest absolute Gasteiger partial charge is 0.493 e. The van der Waals surface area contributed by atoms with Gasteiger partial charge >= 0.3 is 5.97 Å². The lowest BCUT2D eigenvalue weighted by atomic mass is 10.2. The van der Waals surface area contributed by atoms with Crippen LogP contribution in [0.25, 0.3) is 0 Å². The summed E-state index contributed by atoms with van der Waals surface area (Å²) in [7, 11) is 2.95. The molecule has 3 rings (SSSR count). The number of methoxy groups -OCH3 is 2. The van der Waals surface area contributed by atoms with E-state index in [1.807, 2.05) is 19.9 Å². The molecule has 0 fully saturated rings. The molecule has 0 saturated carbocycles. The minimum absolute atomic E-state index is 0.203. The molecule has 3 aromatic rings. The normalized spacial score (nSPS) is 10.5.